The highest BCUT2D eigenvalue weighted by molar-refractivity contribution is 7.10. The van der Waals surface area contributed by atoms with E-state index in [4.69, 9.17) is 22.1 Å². The number of nitrogens with zero attached hydrogens (tertiary/aromatic N) is 1. The summed E-state index contributed by atoms with van der Waals surface area (Å²) in [7, 11) is 0. The third-order valence-corrected chi connectivity index (χ3v) is 4.72. The molecule has 0 aliphatic rings. The second kappa shape index (κ2) is 7.13. The van der Waals surface area contributed by atoms with Crippen LogP contribution in [0.4, 0.5) is 0 Å². The number of benzene rings is 2. The van der Waals surface area contributed by atoms with Crippen LogP contribution in [0, 0.1) is 0 Å². The van der Waals surface area contributed by atoms with Crippen molar-refractivity contribution in [2.75, 3.05) is 0 Å². The predicted octanol–water partition coefficient (Wildman–Crippen LogP) is 5.06. The second-order valence-electron chi connectivity index (χ2n) is 5.28. The molecule has 0 aliphatic carbocycles. The highest BCUT2D eigenvalue weighted by Gasteiger charge is 2.10. The molecule has 3 rings (SSSR count). The zero-order valence-corrected chi connectivity index (χ0v) is 14.3. The lowest BCUT2D eigenvalue weighted by Gasteiger charge is -2.09. The van der Waals surface area contributed by atoms with E-state index in [-0.39, 0.29) is 6.04 Å². The van der Waals surface area contributed by atoms with E-state index in [1.165, 1.54) is 0 Å². The minimum atomic E-state index is -0.0577. The van der Waals surface area contributed by atoms with Crippen molar-refractivity contribution in [3.8, 4) is 17.0 Å². The summed E-state index contributed by atoms with van der Waals surface area (Å²) in [5.74, 6) is 0.668. The summed E-state index contributed by atoms with van der Waals surface area (Å²) in [4.78, 5) is 4.54. The van der Waals surface area contributed by atoms with E-state index in [0.717, 1.165) is 21.8 Å². The van der Waals surface area contributed by atoms with Crippen LogP contribution in [0.5, 0.6) is 5.75 Å². The van der Waals surface area contributed by atoms with Gasteiger partial charge in [0.15, 0.2) is 0 Å². The maximum atomic E-state index is 6.34. The average Bonchev–Trinajstić information content (AvgIpc) is 3.05. The number of halogens is 1. The number of thiazole rings is 1. The first-order valence-corrected chi connectivity index (χ1v) is 8.57. The van der Waals surface area contributed by atoms with Crippen LogP contribution in [-0.4, -0.2) is 4.98 Å². The number of hydrogen-bond donors (Lipinski definition) is 1. The Bertz CT molecular complexity index is 787. The molecule has 0 fully saturated rings. The molecule has 0 saturated heterocycles. The Morgan fingerprint density at radius 1 is 1.22 bits per heavy atom. The fraction of sp³-hybridized carbons (Fsp3) is 0.167. The summed E-state index contributed by atoms with van der Waals surface area (Å²) in [6.45, 7) is 2.42. The zero-order valence-electron chi connectivity index (χ0n) is 12.7. The first-order valence-electron chi connectivity index (χ1n) is 7.31. The molecule has 3 aromatic rings. The molecule has 1 heterocycles. The summed E-state index contributed by atoms with van der Waals surface area (Å²) in [6.07, 6.45) is 0. The summed E-state index contributed by atoms with van der Waals surface area (Å²) >= 11 is 7.90. The van der Waals surface area contributed by atoms with Crippen LogP contribution in [-0.2, 0) is 6.61 Å². The topological polar surface area (TPSA) is 48.1 Å². The maximum absolute atomic E-state index is 6.34. The normalized spacial score (nSPS) is 12.1. The van der Waals surface area contributed by atoms with Crippen molar-refractivity contribution in [2.24, 2.45) is 5.73 Å². The zero-order chi connectivity index (χ0) is 16.2. The lowest BCUT2D eigenvalue weighted by atomic mass is 10.1. The molecule has 0 spiro atoms. The van der Waals surface area contributed by atoms with E-state index < -0.39 is 0 Å². The quantitative estimate of drug-likeness (QED) is 0.703. The number of aromatic nitrogens is 1. The van der Waals surface area contributed by atoms with Crippen molar-refractivity contribution in [2.45, 2.75) is 19.6 Å². The van der Waals surface area contributed by atoms with Crippen molar-refractivity contribution in [1.29, 1.82) is 0 Å². The standard InChI is InChI=1S/C18H17ClN2OS/c1-12(20)18-21-16(11-23-18)14-7-8-17(15(19)9-14)22-10-13-5-3-2-4-6-13/h2-9,11-12H,10,20H2,1H3. The lowest BCUT2D eigenvalue weighted by Crippen LogP contribution is -2.03. The van der Waals surface area contributed by atoms with Crippen molar-refractivity contribution in [3.05, 3.63) is 69.5 Å². The molecular weight excluding hydrogens is 328 g/mol. The number of ether oxygens (including phenoxy) is 1. The van der Waals surface area contributed by atoms with E-state index in [0.29, 0.717) is 17.4 Å². The van der Waals surface area contributed by atoms with Gasteiger partial charge in [-0.1, -0.05) is 41.9 Å². The van der Waals surface area contributed by atoms with Crippen LogP contribution in [0.15, 0.2) is 53.9 Å². The minimum Gasteiger partial charge on any atom is -0.487 e. The Morgan fingerprint density at radius 3 is 2.65 bits per heavy atom. The second-order valence-corrected chi connectivity index (χ2v) is 6.58. The van der Waals surface area contributed by atoms with E-state index in [1.807, 2.05) is 60.8 Å². The predicted molar refractivity (Wildman–Crippen MR) is 95.9 cm³/mol. The molecular formula is C18H17ClN2OS. The summed E-state index contributed by atoms with van der Waals surface area (Å²) < 4.78 is 5.79. The van der Waals surface area contributed by atoms with Gasteiger partial charge >= 0.3 is 0 Å². The van der Waals surface area contributed by atoms with E-state index >= 15 is 0 Å². The van der Waals surface area contributed by atoms with Crippen LogP contribution < -0.4 is 10.5 Å². The van der Waals surface area contributed by atoms with Gasteiger partial charge in [-0.05, 0) is 30.7 Å². The Balaban J connectivity index is 1.75. The number of hydrogen-bond acceptors (Lipinski definition) is 4. The van der Waals surface area contributed by atoms with Crippen molar-refractivity contribution >= 4 is 22.9 Å². The monoisotopic (exact) mass is 344 g/mol. The number of nitrogens with two attached hydrogens (primary N) is 1. The van der Waals surface area contributed by atoms with Gasteiger partial charge in [-0.3, -0.25) is 0 Å². The minimum absolute atomic E-state index is 0.0577. The van der Waals surface area contributed by atoms with Gasteiger partial charge in [-0.25, -0.2) is 4.98 Å². The third kappa shape index (κ3) is 3.91. The van der Waals surface area contributed by atoms with Crippen molar-refractivity contribution in [1.82, 2.24) is 4.98 Å². The summed E-state index contributed by atoms with van der Waals surface area (Å²) in [6, 6.07) is 15.7. The molecule has 0 radical (unpaired) electrons. The molecule has 1 unspecified atom stereocenters. The Labute approximate surface area is 144 Å². The molecule has 1 atom stereocenters. The van der Waals surface area contributed by atoms with Crippen LogP contribution in [0.2, 0.25) is 5.02 Å². The summed E-state index contributed by atoms with van der Waals surface area (Å²) in [5.41, 5.74) is 8.81. The molecule has 2 N–H and O–H groups in total. The van der Waals surface area contributed by atoms with Crippen molar-refractivity contribution < 1.29 is 4.74 Å². The Morgan fingerprint density at radius 2 is 2.00 bits per heavy atom. The van der Waals surface area contributed by atoms with Crippen LogP contribution in [0.1, 0.15) is 23.5 Å². The van der Waals surface area contributed by atoms with Crippen molar-refractivity contribution in [3.63, 3.8) is 0 Å². The van der Waals surface area contributed by atoms with Gasteiger partial charge in [-0.2, -0.15) is 0 Å². The molecule has 0 amide bonds. The smallest absolute Gasteiger partial charge is 0.138 e. The van der Waals surface area contributed by atoms with Crippen LogP contribution >= 0.6 is 22.9 Å². The van der Waals surface area contributed by atoms with Gasteiger partial charge in [0.1, 0.15) is 17.4 Å². The molecule has 0 aliphatic heterocycles. The highest BCUT2D eigenvalue weighted by Crippen LogP contribution is 2.32. The molecule has 1 aromatic heterocycles. The van der Waals surface area contributed by atoms with Gasteiger partial charge in [0.2, 0.25) is 0 Å². The van der Waals surface area contributed by atoms with E-state index in [1.54, 1.807) is 11.3 Å². The highest BCUT2D eigenvalue weighted by atomic mass is 35.5. The van der Waals surface area contributed by atoms with Gasteiger partial charge in [0, 0.05) is 10.9 Å². The molecule has 0 bridgehead atoms. The molecule has 3 nitrogen and oxygen atoms in total. The largest absolute Gasteiger partial charge is 0.487 e. The van der Waals surface area contributed by atoms with Crippen LogP contribution in [0.3, 0.4) is 0 Å². The van der Waals surface area contributed by atoms with Crippen LogP contribution in [0.25, 0.3) is 11.3 Å². The van der Waals surface area contributed by atoms with E-state index in [2.05, 4.69) is 4.98 Å². The average molecular weight is 345 g/mol. The molecule has 5 heteroatoms. The SMILES string of the molecule is CC(N)c1nc(-c2ccc(OCc3ccccc3)c(Cl)c2)cs1. The van der Waals surface area contributed by atoms with E-state index in [9.17, 15) is 0 Å². The van der Waals surface area contributed by atoms with Gasteiger partial charge in [0.25, 0.3) is 0 Å². The maximum Gasteiger partial charge on any atom is 0.138 e. The summed E-state index contributed by atoms with van der Waals surface area (Å²) in [5, 5.41) is 3.49. The fourth-order valence-corrected chi connectivity index (χ4v) is 3.16. The van der Waals surface area contributed by atoms with Gasteiger partial charge < -0.3 is 10.5 Å². The molecule has 118 valence electrons. The van der Waals surface area contributed by atoms with Gasteiger partial charge in [-0.15, -0.1) is 11.3 Å². The Kier molecular flexibility index (Phi) is 4.96. The molecule has 23 heavy (non-hydrogen) atoms. The fourth-order valence-electron chi connectivity index (χ4n) is 2.14. The first-order chi connectivity index (χ1) is 11.1. The Hall–Kier alpha value is -1.88. The molecule has 0 saturated carbocycles. The third-order valence-electron chi connectivity index (χ3n) is 3.38. The van der Waals surface area contributed by atoms with Gasteiger partial charge in [0.05, 0.1) is 16.8 Å². The molecule has 2 aromatic carbocycles. The number of rotatable bonds is 5. The lowest BCUT2D eigenvalue weighted by molar-refractivity contribution is 0.306. The first kappa shape index (κ1) is 16.0.